The molecule has 2 aliphatic rings. The molecule has 9 aromatic rings. The predicted octanol–water partition coefficient (Wildman–Crippen LogP) is 14.8. The standard InChI is InChI=1S/C54H40/c1-53(2)48-17-11-10-16-41(48)42-24-21-37(31-49(42)53)38-22-26-44-43-25-20-36(30-50(43)54(3,4)51(44)32-38)35-23-27-45-47(28-35)46(33-12-6-5-7-13-33)29-39-19-18-34-14-8-9-15-40(34)52(39)45/h5-32H,1-4H3. The zero-order valence-electron chi connectivity index (χ0n) is 31.2. The van der Waals surface area contributed by atoms with Gasteiger partial charge in [0.2, 0.25) is 0 Å². The van der Waals surface area contributed by atoms with Crippen LogP contribution in [-0.4, -0.2) is 0 Å². The molecule has 256 valence electrons. The predicted molar refractivity (Wildman–Crippen MR) is 230 cm³/mol. The van der Waals surface area contributed by atoms with Crippen molar-refractivity contribution in [1.29, 1.82) is 0 Å². The van der Waals surface area contributed by atoms with Gasteiger partial charge < -0.3 is 0 Å². The van der Waals surface area contributed by atoms with E-state index in [1.165, 1.54) is 110 Å². The molecular formula is C54H40. The fraction of sp³-hybridized carbons (Fsp3) is 0.111. The Bertz CT molecular complexity index is 3030. The van der Waals surface area contributed by atoms with Gasteiger partial charge in [-0.15, -0.1) is 0 Å². The molecule has 0 bridgehead atoms. The zero-order chi connectivity index (χ0) is 36.3. The lowest BCUT2D eigenvalue weighted by atomic mass is 9.80. The SMILES string of the molecule is CC1(C)c2ccccc2-c2ccc(-c3ccc4c(c3)C(C)(C)c3cc(-c5ccc6c(c5)c(-c5ccccc5)cc5ccc7ccccc7c56)ccc3-4)cc21. The van der Waals surface area contributed by atoms with Crippen LogP contribution in [0.15, 0.2) is 170 Å². The molecule has 0 aliphatic heterocycles. The van der Waals surface area contributed by atoms with Crippen LogP contribution in [-0.2, 0) is 10.8 Å². The molecule has 0 nitrogen and oxygen atoms in total. The van der Waals surface area contributed by atoms with Crippen molar-refractivity contribution in [3.8, 4) is 55.6 Å². The van der Waals surface area contributed by atoms with Crippen LogP contribution in [0.4, 0.5) is 0 Å². The van der Waals surface area contributed by atoms with E-state index >= 15 is 0 Å². The molecule has 0 heteroatoms. The molecule has 11 rings (SSSR count). The van der Waals surface area contributed by atoms with Crippen LogP contribution in [0, 0.1) is 0 Å². The van der Waals surface area contributed by atoms with Gasteiger partial charge in [0.25, 0.3) is 0 Å². The van der Waals surface area contributed by atoms with E-state index in [9.17, 15) is 0 Å². The summed E-state index contributed by atoms with van der Waals surface area (Å²) in [6.07, 6.45) is 0. The maximum atomic E-state index is 2.46. The van der Waals surface area contributed by atoms with Crippen molar-refractivity contribution in [1.82, 2.24) is 0 Å². The first-order chi connectivity index (χ1) is 26.3. The van der Waals surface area contributed by atoms with Crippen molar-refractivity contribution < 1.29 is 0 Å². The summed E-state index contributed by atoms with van der Waals surface area (Å²) in [6.45, 7) is 9.53. The normalized spacial score (nSPS) is 14.6. The van der Waals surface area contributed by atoms with Gasteiger partial charge in [-0.3, -0.25) is 0 Å². The first-order valence-electron chi connectivity index (χ1n) is 19.3. The lowest BCUT2D eigenvalue weighted by Gasteiger charge is -2.23. The molecule has 0 unspecified atom stereocenters. The number of fused-ring (bicyclic) bond motifs is 11. The second-order valence-electron chi connectivity index (χ2n) is 16.5. The van der Waals surface area contributed by atoms with Gasteiger partial charge in [-0.2, -0.15) is 0 Å². The van der Waals surface area contributed by atoms with E-state index in [0.29, 0.717) is 0 Å². The third-order valence-corrected chi connectivity index (χ3v) is 12.9. The van der Waals surface area contributed by atoms with Crippen LogP contribution >= 0.6 is 0 Å². The third kappa shape index (κ3) is 4.37. The molecule has 9 aromatic carbocycles. The van der Waals surface area contributed by atoms with Gasteiger partial charge in [0.05, 0.1) is 0 Å². The Morgan fingerprint density at radius 1 is 0.278 bits per heavy atom. The number of hydrogen-bond acceptors (Lipinski definition) is 0. The van der Waals surface area contributed by atoms with E-state index in [2.05, 4.69) is 198 Å². The van der Waals surface area contributed by atoms with Gasteiger partial charge in [0, 0.05) is 10.8 Å². The number of benzene rings is 9. The topological polar surface area (TPSA) is 0 Å². The molecule has 0 amide bonds. The summed E-state index contributed by atoms with van der Waals surface area (Å²) in [5.41, 5.74) is 18.5. The molecule has 0 atom stereocenters. The molecule has 0 saturated carbocycles. The third-order valence-electron chi connectivity index (χ3n) is 12.9. The summed E-state index contributed by atoms with van der Waals surface area (Å²) in [5.74, 6) is 0. The highest BCUT2D eigenvalue weighted by Gasteiger charge is 2.37. The highest BCUT2D eigenvalue weighted by atomic mass is 14.4. The molecular weight excluding hydrogens is 649 g/mol. The van der Waals surface area contributed by atoms with Gasteiger partial charge in [-0.1, -0.05) is 167 Å². The maximum absolute atomic E-state index is 2.46. The van der Waals surface area contributed by atoms with Crippen LogP contribution in [0.5, 0.6) is 0 Å². The highest BCUT2D eigenvalue weighted by Crippen LogP contribution is 2.53. The molecule has 54 heavy (non-hydrogen) atoms. The van der Waals surface area contributed by atoms with Gasteiger partial charge in [-0.25, -0.2) is 0 Å². The van der Waals surface area contributed by atoms with E-state index in [4.69, 9.17) is 0 Å². The Morgan fingerprint density at radius 3 is 1.44 bits per heavy atom. The van der Waals surface area contributed by atoms with Crippen molar-refractivity contribution >= 4 is 32.3 Å². The fourth-order valence-corrected chi connectivity index (χ4v) is 9.94. The summed E-state index contributed by atoms with van der Waals surface area (Å²) >= 11 is 0. The lowest BCUT2D eigenvalue weighted by molar-refractivity contribution is 0.659. The maximum Gasteiger partial charge on any atom is 0.0159 e. The first-order valence-corrected chi connectivity index (χ1v) is 19.3. The van der Waals surface area contributed by atoms with E-state index in [0.717, 1.165) is 0 Å². The van der Waals surface area contributed by atoms with E-state index in [1.807, 2.05) is 0 Å². The lowest BCUT2D eigenvalue weighted by Crippen LogP contribution is -2.15. The fourth-order valence-electron chi connectivity index (χ4n) is 9.94. The van der Waals surface area contributed by atoms with Crippen LogP contribution in [0.1, 0.15) is 49.9 Å². The highest BCUT2D eigenvalue weighted by molar-refractivity contribution is 6.23. The monoisotopic (exact) mass is 688 g/mol. The van der Waals surface area contributed by atoms with Crippen molar-refractivity contribution in [2.24, 2.45) is 0 Å². The van der Waals surface area contributed by atoms with Gasteiger partial charge >= 0.3 is 0 Å². The minimum absolute atomic E-state index is 0.0178. The second-order valence-corrected chi connectivity index (χ2v) is 16.5. The average molecular weight is 689 g/mol. The smallest absolute Gasteiger partial charge is 0.0159 e. The number of hydrogen-bond donors (Lipinski definition) is 0. The van der Waals surface area contributed by atoms with Crippen molar-refractivity contribution in [3.63, 3.8) is 0 Å². The summed E-state index contributed by atoms with van der Waals surface area (Å²) in [7, 11) is 0. The number of rotatable bonds is 3. The van der Waals surface area contributed by atoms with Crippen LogP contribution in [0.2, 0.25) is 0 Å². The Balaban J connectivity index is 1.02. The molecule has 0 aromatic heterocycles. The molecule has 0 saturated heterocycles. The molecule has 0 N–H and O–H groups in total. The van der Waals surface area contributed by atoms with Crippen molar-refractivity contribution in [3.05, 3.63) is 192 Å². The van der Waals surface area contributed by atoms with Crippen LogP contribution < -0.4 is 0 Å². The summed E-state index contributed by atoms with van der Waals surface area (Å²) in [6, 6.07) is 64.0. The first kappa shape index (κ1) is 31.3. The average Bonchev–Trinajstić information content (AvgIpc) is 3.58. The Hall–Kier alpha value is -6.24. The van der Waals surface area contributed by atoms with Crippen LogP contribution in [0.25, 0.3) is 88.0 Å². The minimum Gasteiger partial charge on any atom is -0.0622 e. The van der Waals surface area contributed by atoms with Crippen molar-refractivity contribution in [2.75, 3.05) is 0 Å². The Morgan fingerprint density at radius 2 is 0.778 bits per heavy atom. The quantitative estimate of drug-likeness (QED) is 0.162. The van der Waals surface area contributed by atoms with E-state index in [-0.39, 0.29) is 10.8 Å². The van der Waals surface area contributed by atoms with E-state index < -0.39 is 0 Å². The van der Waals surface area contributed by atoms with E-state index in [1.54, 1.807) is 0 Å². The molecule has 0 radical (unpaired) electrons. The van der Waals surface area contributed by atoms with Crippen molar-refractivity contribution in [2.45, 2.75) is 38.5 Å². The molecule has 2 aliphatic carbocycles. The summed E-state index contributed by atoms with van der Waals surface area (Å²) < 4.78 is 0. The zero-order valence-corrected chi connectivity index (χ0v) is 31.2. The largest absolute Gasteiger partial charge is 0.0622 e. The second kappa shape index (κ2) is 11.1. The molecule has 0 fully saturated rings. The van der Waals surface area contributed by atoms with Gasteiger partial charge in [-0.05, 0) is 141 Å². The summed E-state index contributed by atoms with van der Waals surface area (Å²) in [5, 5.41) is 7.77. The van der Waals surface area contributed by atoms with Gasteiger partial charge in [0.1, 0.15) is 0 Å². The Labute approximate surface area is 317 Å². The molecule has 0 heterocycles. The minimum atomic E-state index is -0.135. The Kier molecular flexibility index (Phi) is 6.46. The summed E-state index contributed by atoms with van der Waals surface area (Å²) in [4.78, 5) is 0. The van der Waals surface area contributed by atoms with Crippen LogP contribution in [0.3, 0.4) is 0 Å². The van der Waals surface area contributed by atoms with Gasteiger partial charge in [0.15, 0.2) is 0 Å². The molecule has 0 spiro atoms.